The molecule has 1 saturated heterocycles. The van der Waals surface area contributed by atoms with E-state index >= 15 is 0 Å². The van der Waals surface area contributed by atoms with Crippen LogP contribution in [0, 0.1) is 0 Å². The van der Waals surface area contributed by atoms with Crippen molar-refractivity contribution in [3.8, 4) is 0 Å². The van der Waals surface area contributed by atoms with Gasteiger partial charge in [0.1, 0.15) is 0 Å². The molecule has 1 aliphatic rings. The molecule has 1 atom stereocenters. The summed E-state index contributed by atoms with van der Waals surface area (Å²) in [6.07, 6.45) is -3.30. The number of benzene rings is 1. The van der Waals surface area contributed by atoms with E-state index < -0.39 is 11.7 Å². The lowest BCUT2D eigenvalue weighted by atomic mass is 10.1. The van der Waals surface area contributed by atoms with Gasteiger partial charge in [-0.1, -0.05) is 19.1 Å². The molecule has 0 aromatic heterocycles. The maximum atomic E-state index is 12.6. The molecule has 1 fully saturated rings. The molecule has 0 aliphatic carbocycles. The van der Waals surface area contributed by atoms with Crippen LogP contribution in [-0.4, -0.2) is 68.6 Å². The molecule has 2 N–H and O–H groups in total. The van der Waals surface area contributed by atoms with Gasteiger partial charge >= 0.3 is 6.18 Å². The van der Waals surface area contributed by atoms with E-state index in [1.54, 1.807) is 19.2 Å². The van der Waals surface area contributed by atoms with Crippen LogP contribution in [0.25, 0.3) is 0 Å². The molecule has 152 valence electrons. The SMILES string of the molecule is CCN(C)CCNC(=NC)NC1CCN(Cc2ccc(C(F)(F)F)cc2)C1. The predicted molar refractivity (Wildman–Crippen MR) is 103 cm³/mol. The Morgan fingerprint density at radius 2 is 2.00 bits per heavy atom. The summed E-state index contributed by atoms with van der Waals surface area (Å²) in [6, 6.07) is 5.72. The van der Waals surface area contributed by atoms with Crippen molar-refractivity contribution in [1.29, 1.82) is 0 Å². The molecule has 0 spiro atoms. The van der Waals surface area contributed by atoms with E-state index in [0.717, 1.165) is 62.8 Å². The topological polar surface area (TPSA) is 42.9 Å². The van der Waals surface area contributed by atoms with Crippen molar-refractivity contribution in [3.63, 3.8) is 0 Å². The van der Waals surface area contributed by atoms with Crippen molar-refractivity contribution in [1.82, 2.24) is 20.4 Å². The molecule has 8 heteroatoms. The van der Waals surface area contributed by atoms with Crippen molar-refractivity contribution >= 4 is 5.96 Å². The zero-order chi connectivity index (χ0) is 19.9. The maximum Gasteiger partial charge on any atom is 0.416 e. The van der Waals surface area contributed by atoms with Crippen LogP contribution in [-0.2, 0) is 12.7 Å². The Hall–Kier alpha value is -1.80. The Morgan fingerprint density at radius 3 is 2.59 bits per heavy atom. The number of halogens is 3. The first-order valence-corrected chi connectivity index (χ1v) is 9.36. The summed E-state index contributed by atoms with van der Waals surface area (Å²) in [5.41, 5.74) is 0.296. The molecule has 1 unspecified atom stereocenters. The fourth-order valence-corrected chi connectivity index (χ4v) is 3.06. The molecule has 1 aliphatic heterocycles. The number of likely N-dealkylation sites (tertiary alicyclic amines) is 1. The molecule has 0 amide bonds. The largest absolute Gasteiger partial charge is 0.416 e. The predicted octanol–water partition coefficient (Wildman–Crippen LogP) is 2.40. The van der Waals surface area contributed by atoms with Gasteiger partial charge < -0.3 is 15.5 Å². The number of hydrogen-bond acceptors (Lipinski definition) is 3. The minimum atomic E-state index is -4.28. The van der Waals surface area contributed by atoms with E-state index in [4.69, 9.17) is 0 Å². The molecule has 5 nitrogen and oxygen atoms in total. The first kappa shape index (κ1) is 21.5. The lowest BCUT2D eigenvalue weighted by molar-refractivity contribution is -0.137. The summed E-state index contributed by atoms with van der Waals surface area (Å²) in [5.74, 6) is 0.792. The van der Waals surface area contributed by atoms with Gasteiger partial charge in [0.05, 0.1) is 5.56 Å². The number of aliphatic imine (C=N–C) groups is 1. The number of nitrogens with one attached hydrogen (secondary N) is 2. The number of nitrogens with zero attached hydrogens (tertiary/aromatic N) is 3. The molecular weight excluding hydrogens is 355 g/mol. The van der Waals surface area contributed by atoms with Gasteiger partial charge in [-0.25, -0.2) is 0 Å². The van der Waals surface area contributed by atoms with Crippen LogP contribution in [0.5, 0.6) is 0 Å². The Labute approximate surface area is 159 Å². The fraction of sp³-hybridized carbons (Fsp3) is 0.632. The Kier molecular flexibility index (Phi) is 7.91. The zero-order valence-electron chi connectivity index (χ0n) is 16.3. The minimum absolute atomic E-state index is 0.287. The highest BCUT2D eigenvalue weighted by Gasteiger charge is 2.30. The first-order valence-electron chi connectivity index (χ1n) is 9.36. The second-order valence-electron chi connectivity index (χ2n) is 6.95. The molecular formula is C19H30F3N5. The van der Waals surface area contributed by atoms with Gasteiger partial charge in [-0.2, -0.15) is 13.2 Å². The molecule has 1 aromatic carbocycles. The molecule has 2 rings (SSSR count). The van der Waals surface area contributed by atoms with Crippen LogP contribution in [0.2, 0.25) is 0 Å². The van der Waals surface area contributed by atoms with E-state index in [1.165, 1.54) is 0 Å². The third-order valence-electron chi connectivity index (χ3n) is 4.85. The first-order chi connectivity index (χ1) is 12.8. The van der Waals surface area contributed by atoms with Crippen molar-refractivity contribution in [3.05, 3.63) is 35.4 Å². The number of alkyl halides is 3. The molecule has 27 heavy (non-hydrogen) atoms. The Balaban J connectivity index is 1.77. The van der Waals surface area contributed by atoms with Gasteiger partial charge in [-0.3, -0.25) is 9.89 Å². The van der Waals surface area contributed by atoms with Crippen molar-refractivity contribution in [2.45, 2.75) is 32.1 Å². The third kappa shape index (κ3) is 7.03. The third-order valence-corrected chi connectivity index (χ3v) is 4.85. The highest BCUT2D eigenvalue weighted by atomic mass is 19.4. The van der Waals surface area contributed by atoms with Crippen molar-refractivity contribution < 1.29 is 13.2 Å². The second kappa shape index (κ2) is 9.94. The number of guanidine groups is 1. The van der Waals surface area contributed by atoms with Crippen molar-refractivity contribution in [2.75, 3.05) is 46.8 Å². The summed E-state index contributed by atoms with van der Waals surface area (Å²) < 4.78 is 37.9. The van der Waals surface area contributed by atoms with Gasteiger partial charge in [0.2, 0.25) is 0 Å². The number of hydrogen-bond donors (Lipinski definition) is 2. The van der Waals surface area contributed by atoms with E-state index in [0.29, 0.717) is 6.54 Å². The van der Waals surface area contributed by atoms with Gasteiger partial charge in [0.15, 0.2) is 5.96 Å². The van der Waals surface area contributed by atoms with Gasteiger partial charge in [-0.15, -0.1) is 0 Å². The maximum absolute atomic E-state index is 12.6. The van der Waals surface area contributed by atoms with E-state index in [-0.39, 0.29) is 6.04 Å². The van der Waals surface area contributed by atoms with Crippen LogP contribution in [0.3, 0.4) is 0 Å². The van der Waals surface area contributed by atoms with Gasteiger partial charge in [0.25, 0.3) is 0 Å². The Bertz CT molecular complexity index is 600. The lowest BCUT2D eigenvalue weighted by Gasteiger charge is -2.20. The van der Waals surface area contributed by atoms with Gasteiger partial charge in [0, 0.05) is 45.8 Å². The average molecular weight is 385 g/mol. The van der Waals surface area contributed by atoms with Crippen molar-refractivity contribution in [2.24, 2.45) is 4.99 Å². The van der Waals surface area contributed by atoms with Crippen LogP contribution < -0.4 is 10.6 Å². The normalized spacial score (nSPS) is 18.9. The van der Waals surface area contributed by atoms with Crippen LogP contribution in [0.1, 0.15) is 24.5 Å². The highest BCUT2D eigenvalue weighted by Crippen LogP contribution is 2.29. The molecule has 0 bridgehead atoms. The lowest BCUT2D eigenvalue weighted by Crippen LogP contribution is -2.46. The molecule has 1 aromatic rings. The van der Waals surface area contributed by atoms with Crippen LogP contribution >= 0.6 is 0 Å². The molecule has 1 heterocycles. The summed E-state index contributed by atoms with van der Waals surface area (Å²) >= 11 is 0. The molecule has 0 radical (unpaired) electrons. The minimum Gasteiger partial charge on any atom is -0.355 e. The standard InChI is InChI=1S/C19H30F3N5/c1-4-26(3)12-10-24-18(23-2)25-17-9-11-27(14-17)13-15-5-7-16(8-6-15)19(20,21)22/h5-8,17H,4,9-14H2,1-3H3,(H2,23,24,25). The number of rotatable bonds is 7. The van der Waals surface area contributed by atoms with E-state index in [2.05, 4.69) is 39.4 Å². The average Bonchev–Trinajstić information content (AvgIpc) is 3.07. The Morgan fingerprint density at radius 1 is 1.30 bits per heavy atom. The fourth-order valence-electron chi connectivity index (χ4n) is 3.06. The smallest absolute Gasteiger partial charge is 0.355 e. The van der Waals surface area contributed by atoms with Crippen LogP contribution in [0.15, 0.2) is 29.3 Å². The van der Waals surface area contributed by atoms with E-state index in [1.807, 2.05) is 0 Å². The zero-order valence-corrected chi connectivity index (χ0v) is 16.3. The van der Waals surface area contributed by atoms with E-state index in [9.17, 15) is 13.2 Å². The second-order valence-corrected chi connectivity index (χ2v) is 6.95. The quantitative estimate of drug-likeness (QED) is 0.559. The monoisotopic (exact) mass is 385 g/mol. The summed E-state index contributed by atoms with van der Waals surface area (Å²) in [5, 5.41) is 6.75. The summed E-state index contributed by atoms with van der Waals surface area (Å²) in [7, 11) is 3.84. The molecule has 0 saturated carbocycles. The van der Waals surface area contributed by atoms with Gasteiger partial charge in [-0.05, 0) is 37.7 Å². The van der Waals surface area contributed by atoms with Crippen LogP contribution in [0.4, 0.5) is 13.2 Å². The highest BCUT2D eigenvalue weighted by molar-refractivity contribution is 5.80. The summed E-state index contributed by atoms with van der Waals surface area (Å²) in [6.45, 7) is 7.31. The summed E-state index contributed by atoms with van der Waals surface area (Å²) in [4.78, 5) is 8.74. The number of likely N-dealkylation sites (N-methyl/N-ethyl adjacent to an activating group) is 1.